The molecule has 2 nitrogen and oxygen atoms in total. The second-order valence-corrected chi connectivity index (χ2v) is 20.0. The van der Waals surface area contributed by atoms with Crippen LogP contribution in [0.15, 0.2) is 47.5 Å². The summed E-state index contributed by atoms with van der Waals surface area (Å²) in [6, 6.07) is 14.7. The van der Waals surface area contributed by atoms with E-state index in [0.29, 0.717) is 0 Å². The van der Waals surface area contributed by atoms with Crippen molar-refractivity contribution in [2.45, 2.75) is 299 Å². The van der Waals surface area contributed by atoms with Crippen LogP contribution in [-0.2, 0) is 42.2 Å². The molecule has 0 unspecified atom stereocenters. The SMILES string of the molecule is CCCCCCCCc1cc(CCCCC)cc(C2=C(CC)C(CCCC)=C(c3cc(CCCCC)cc(CCCCCCCC)c3)[N+]2=[N-])c1.[CH2-]CCCCCCC.[CH2-]CCCCCCC.[Ni+2]. The monoisotopic (exact) mass is 965 g/mol. The average molecular weight is 966 g/mol. The Morgan fingerprint density at radius 2 is 0.597 bits per heavy atom. The quantitative estimate of drug-likeness (QED) is 0.0277. The molecule has 0 aromatic heterocycles. The molecule has 0 saturated heterocycles. The van der Waals surface area contributed by atoms with Gasteiger partial charge in [-0.1, -0.05) is 228 Å². The van der Waals surface area contributed by atoms with E-state index in [-0.39, 0.29) is 16.5 Å². The topological polar surface area (TPSA) is 25.3 Å². The molecule has 1 aliphatic rings. The summed E-state index contributed by atoms with van der Waals surface area (Å²) in [5.41, 5.74) is 25.5. The average Bonchev–Trinajstić information content (AvgIpc) is 3.61. The summed E-state index contributed by atoms with van der Waals surface area (Å²) in [6.45, 7) is 25.8. The summed E-state index contributed by atoms with van der Waals surface area (Å²) in [5.74, 6) is 0. The van der Waals surface area contributed by atoms with E-state index >= 15 is 0 Å². The molecule has 3 rings (SSSR count). The molecule has 0 amide bonds. The zero-order chi connectivity index (χ0) is 48.5. The number of nitrogens with zero attached hydrogens (tertiary/aromatic N) is 2. The third-order valence-corrected chi connectivity index (χ3v) is 13.6. The van der Waals surface area contributed by atoms with Gasteiger partial charge < -0.3 is 19.4 Å². The van der Waals surface area contributed by atoms with Crippen LogP contribution in [0, 0.1) is 13.8 Å². The molecule has 0 saturated carbocycles. The van der Waals surface area contributed by atoms with E-state index in [1.54, 1.807) is 4.70 Å². The zero-order valence-electron chi connectivity index (χ0n) is 46.0. The summed E-state index contributed by atoms with van der Waals surface area (Å²) in [6.07, 6.45) is 48.1. The maximum absolute atomic E-state index is 12.4. The van der Waals surface area contributed by atoms with Gasteiger partial charge in [-0.3, -0.25) is 0 Å². The minimum atomic E-state index is 0. The first-order valence-electron chi connectivity index (χ1n) is 29.1. The third kappa shape index (κ3) is 29.1. The normalized spacial score (nSPS) is 12.3. The van der Waals surface area contributed by atoms with Crippen molar-refractivity contribution in [3.8, 4) is 0 Å². The van der Waals surface area contributed by atoms with Gasteiger partial charge in [0, 0.05) is 22.3 Å². The number of benzene rings is 2. The Morgan fingerprint density at radius 1 is 0.328 bits per heavy atom. The summed E-state index contributed by atoms with van der Waals surface area (Å²) in [5, 5.41) is 0. The molecule has 1 heterocycles. The smallest absolute Gasteiger partial charge is 0.493 e. The van der Waals surface area contributed by atoms with Crippen molar-refractivity contribution in [1.82, 2.24) is 0 Å². The Hall–Kier alpha value is -1.99. The van der Waals surface area contributed by atoms with Gasteiger partial charge in [-0.2, -0.15) is 12.8 Å². The van der Waals surface area contributed by atoms with E-state index < -0.39 is 0 Å². The Labute approximate surface area is 430 Å². The maximum atomic E-state index is 12.4. The molecule has 0 atom stereocenters. The van der Waals surface area contributed by atoms with E-state index in [9.17, 15) is 5.53 Å². The molecular formula is C64H110N2Ni. The van der Waals surface area contributed by atoms with E-state index in [4.69, 9.17) is 0 Å². The van der Waals surface area contributed by atoms with Gasteiger partial charge >= 0.3 is 16.5 Å². The number of aryl methyl sites for hydroxylation is 4. The Kier molecular flexibility index (Phi) is 43.8. The molecule has 2 aromatic carbocycles. The maximum Gasteiger partial charge on any atom is 2.00 e. The number of hydrogen-bond acceptors (Lipinski definition) is 0. The van der Waals surface area contributed by atoms with Crippen LogP contribution < -0.4 is 0 Å². The van der Waals surface area contributed by atoms with Crippen molar-refractivity contribution in [3.63, 3.8) is 0 Å². The van der Waals surface area contributed by atoms with Gasteiger partial charge in [0.2, 0.25) is 11.4 Å². The van der Waals surface area contributed by atoms with Gasteiger partial charge in [-0.05, 0) is 117 Å². The number of hydrogen-bond donors (Lipinski definition) is 0. The number of allylic oxidation sites excluding steroid dienone is 2. The predicted molar refractivity (Wildman–Crippen MR) is 298 cm³/mol. The van der Waals surface area contributed by atoms with Crippen molar-refractivity contribution >= 4 is 11.4 Å². The largest absolute Gasteiger partial charge is 2.00 e. The summed E-state index contributed by atoms with van der Waals surface area (Å²) < 4.78 is 1.64. The summed E-state index contributed by atoms with van der Waals surface area (Å²) >= 11 is 0. The van der Waals surface area contributed by atoms with Gasteiger partial charge in [0.05, 0.1) is 0 Å². The number of unbranched alkanes of at least 4 members (excludes halogenated alkanes) is 25. The molecule has 0 N–H and O–H groups in total. The van der Waals surface area contributed by atoms with Crippen molar-refractivity contribution in [2.24, 2.45) is 0 Å². The second-order valence-electron chi connectivity index (χ2n) is 20.0. The van der Waals surface area contributed by atoms with Crippen LogP contribution in [0.25, 0.3) is 16.9 Å². The van der Waals surface area contributed by atoms with Crippen molar-refractivity contribution in [1.29, 1.82) is 0 Å². The molecule has 2 aromatic rings. The Bertz CT molecular complexity index is 1520. The third-order valence-electron chi connectivity index (χ3n) is 13.6. The molecule has 0 radical (unpaired) electrons. The molecular weight excluding hydrogens is 855 g/mol. The van der Waals surface area contributed by atoms with Gasteiger partial charge in [0.25, 0.3) is 0 Å². The second kappa shape index (κ2) is 45.2. The fourth-order valence-electron chi connectivity index (χ4n) is 9.56. The van der Waals surface area contributed by atoms with Crippen LogP contribution in [0.1, 0.15) is 307 Å². The zero-order valence-corrected chi connectivity index (χ0v) is 46.9. The number of rotatable bonds is 38. The van der Waals surface area contributed by atoms with E-state index in [2.05, 4.69) is 106 Å². The first-order valence-corrected chi connectivity index (χ1v) is 29.1. The minimum absolute atomic E-state index is 0. The van der Waals surface area contributed by atoms with Crippen LogP contribution in [0.4, 0.5) is 0 Å². The molecule has 0 spiro atoms. The van der Waals surface area contributed by atoms with Crippen LogP contribution in [0.2, 0.25) is 0 Å². The van der Waals surface area contributed by atoms with Gasteiger partial charge in [-0.25, -0.2) is 4.70 Å². The van der Waals surface area contributed by atoms with Gasteiger partial charge in [0.1, 0.15) is 0 Å². The van der Waals surface area contributed by atoms with Gasteiger partial charge in [0.15, 0.2) is 0 Å². The molecule has 3 heteroatoms. The minimum Gasteiger partial charge on any atom is -0.493 e. The van der Waals surface area contributed by atoms with Crippen LogP contribution in [0.5, 0.6) is 0 Å². The van der Waals surface area contributed by atoms with Crippen molar-refractivity contribution in [2.75, 3.05) is 0 Å². The summed E-state index contributed by atoms with van der Waals surface area (Å²) in [4.78, 5) is 0. The van der Waals surface area contributed by atoms with Crippen molar-refractivity contribution in [3.05, 3.63) is 100 Å². The van der Waals surface area contributed by atoms with E-state index in [1.165, 1.54) is 224 Å². The first-order chi connectivity index (χ1) is 32.3. The molecule has 0 bridgehead atoms. The van der Waals surface area contributed by atoms with E-state index in [1.807, 2.05) is 0 Å². The molecule has 0 fully saturated rings. The fourth-order valence-corrected chi connectivity index (χ4v) is 9.56. The predicted octanol–water partition coefficient (Wildman–Crippen LogP) is 22.1. The van der Waals surface area contributed by atoms with Crippen molar-refractivity contribution < 1.29 is 21.2 Å². The van der Waals surface area contributed by atoms with Crippen LogP contribution >= 0.6 is 0 Å². The van der Waals surface area contributed by atoms with Gasteiger partial charge in [-0.15, -0.1) is 0 Å². The Morgan fingerprint density at radius 3 is 0.910 bits per heavy atom. The first kappa shape index (κ1) is 65.0. The molecule has 67 heavy (non-hydrogen) atoms. The standard InChI is InChI=1S/C48H76N2.2C8H17.Ni/c1-7-13-18-20-22-26-30-41-33-39(28-24-15-9-3)35-43(36-41)47-45(12-6)46(32-17-11-5)48(50(47)49)44-37-40(29-25-16-10-4)34-42(38-44)31-27-23-21-19-14-8-2;2*1-3-5-7-8-6-4-2;/h33-38H,7-32H2,1-6H3;2*1,3-8H2,2H3;/q;2*-1;+2. The molecule has 1 aliphatic heterocycles. The fraction of sp³-hybridized carbons (Fsp3) is 0.719. The molecule has 0 aliphatic carbocycles. The van der Waals surface area contributed by atoms with Crippen LogP contribution in [0.3, 0.4) is 0 Å². The summed E-state index contributed by atoms with van der Waals surface area (Å²) in [7, 11) is 0. The molecule has 386 valence electrons. The Balaban J connectivity index is 0.00000218. The van der Waals surface area contributed by atoms with Crippen LogP contribution in [-0.4, -0.2) is 4.70 Å². The van der Waals surface area contributed by atoms with E-state index in [0.717, 1.165) is 75.6 Å².